The molecule has 1 aliphatic heterocycles. The quantitative estimate of drug-likeness (QED) is 0.775. The lowest BCUT2D eigenvalue weighted by Gasteiger charge is -2.35. The molecular weight excluding hydrogens is 240 g/mol. The summed E-state index contributed by atoms with van der Waals surface area (Å²) >= 11 is 1.86. The first-order valence-corrected chi connectivity index (χ1v) is 7.00. The summed E-state index contributed by atoms with van der Waals surface area (Å²) in [5.41, 5.74) is 3.38. The second-order valence-electron chi connectivity index (χ2n) is 4.58. The highest BCUT2D eigenvalue weighted by molar-refractivity contribution is 7.10. The molecule has 0 spiro atoms. The van der Waals surface area contributed by atoms with Crippen LogP contribution in [0.4, 0.5) is 5.69 Å². The lowest BCUT2D eigenvalue weighted by atomic mass is 10.0. The van der Waals surface area contributed by atoms with E-state index in [0.717, 1.165) is 18.5 Å². The molecule has 90 valence electrons. The number of thiophene rings is 1. The molecule has 1 aliphatic rings. The maximum absolute atomic E-state index is 8.83. The highest BCUT2D eigenvalue weighted by Crippen LogP contribution is 2.35. The Morgan fingerprint density at radius 2 is 2.06 bits per heavy atom. The van der Waals surface area contributed by atoms with Gasteiger partial charge in [0.25, 0.3) is 0 Å². The van der Waals surface area contributed by atoms with Crippen molar-refractivity contribution >= 4 is 17.0 Å². The van der Waals surface area contributed by atoms with E-state index in [1.807, 2.05) is 35.6 Å². The molecule has 0 radical (unpaired) electrons. The average Bonchev–Trinajstić information content (AvgIpc) is 2.89. The van der Waals surface area contributed by atoms with Gasteiger partial charge in [0.15, 0.2) is 0 Å². The van der Waals surface area contributed by atoms with Gasteiger partial charge in [-0.2, -0.15) is 5.26 Å². The highest BCUT2D eigenvalue weighted by atomic mass is 32.1. The first-order chi connectivity index (χ1) is 8.79. The average molecular weight is 254 g/mol. The van der Waals surface area contributed by atoms with E-state index >= 15 is 0 Å². The predicted octanol–water partition coefficient (Wildman–Crippen LogP) is 3.74. The summed E-state index contributed by atoms with van der Waals surface area (Å²) in [7, 11) is 0. The van der Waals surface area contributed by atoms with Gasteiger partial charge < -0.3 is 4.90 Å². The van der Waals surface area contributed by atoms with Gasteiger partial charge in [0, 0.05) is 17.1 Å². The summed E-state index contributed by atoms with van der Waals surface area (Å²) in [5, 5.41) is 11.0. The van der Waals surface area contributed by atoms with Crippen LogP contribution in [0.5, 0.6) is 0 Å². The molecule has 1 unspecified atom stereocenters. The van der Waals surface area contributed by atoms with E-state index in [4.69, 9.17) is 5.26 Å². The van der Waals surface area contributed by atoms with Crippen molar-refractivity contribution < 1.29 is 0 Å². The molecule has 1 aromatic carbocycles. The van der Waals surface area contributed by atoms with Gasteiger partial charge in [-0.25, -0.2) is 0 Å². The number of hydrogen-bond donors (Lipinski definition) is 0. The molecule has 0 fully saturated rings. The zero-order chi connectivity index (χ0) is 12.5. The SMILES string of the molecule is CC1c2ccsc2CCN1c1ccc(C#N)cc1. The Hall–Kier alpha value is -1.79. The van der Waals surface area contributed by atoms with E-state index in [-0.39, 0.29) is 0 Å². The molecule has 2 aromatic rings. The molecule has 1 atom stereocenters. The third-order valence-electron chi connectivity index (χ3n) is 3.61. The summed E-state index contributed by atoms with van der Waals surface area (Å²) in [6.07, 6.45) is 1.12. The van der Waals surface area contributed by atoms with Crippen molar-refractivity contribution in [3.05, 3.63) is 51.7 Å². The minimum atomic E-state index is 0.424. The van der Waals surface area contributed by atoms with Crippen LogP contribution in [-0.2, 0) is 6.42 Å². The number of nitriles is 1. The molecule has 0 saturated carbocycles. The molecule has 3 heteroatoms. The number of hydrogen-bond acceptors (Lipinski definition) is 3. The molecule has 0 aliphatic carbocycles. The van der Waals surface area contributed by atoms with Crippen molar-refractivity contribution in [2.45, 2.75) is 19.4 Å². The molecule has 2 nitrogen and oxygen atoms in total. The minimum absolute atomic E-state index is 0.424. The summed E-state index contributed by atoms with van der Waals surface area (Å²) < 4.78 is 0. The summed E-state index contributed by atoms with van der Waals surface area (Å²) in [4.78, 5) is 3.93. The Kier molecular flexibility index (Phi) is 2.81. The predicted molar refractivity (Wildman–Crippen MR) is 74.9 cm³/mol. The third kappa shape index (κ3) is 1.79. The molecular formula is C15H14N2S. The highest BCUT2D eigenvalue weighted by Gasteiger charge is 2.24. The van der Waals surface area contributed by atoms with Crippen LogP contribution in [0.1, 0.15) is 29.0 Å². The van der Waals surface area contributed by atoms with Crippen LogP contribution in [0.2, 0.25) is 0 Å². The maximum atomic E-state index is 8.83. The lowest BCUT2D eigenvalue weighted by molar-refractivity contribution is 0.633. The van der Waals surface area contributed by atoms with Crippen molar-refractivity contribution in [1.82, 2.24) is 0 Å². The maximum Gasteiger partial charge on any atom is 0.0991 e. The van der Waals surface area contributed by atoms with Gasteiger partial charge in [-0.15, -0.1) is 11.3 Å². The van der Waals surface area contributed by atoms with Crippen molar-refractivity contribution in [1.29, 1.82) is 5.26 Å². The van der Waals surface area contributed by atoms with Crippen LogP contribution in [0, 0.1) is 11.3 Å². The summed E-state index contributed by atoms with van der Waals surface area (Å²) in [6, 6.07) is 12.7. The van der Waals surface area contributed by atoms with E-state index < -0.39 is 0 Å². The van der Waals surface area contributed by atoms with Crippen molar-refractivity contribution in [2.24, 2.45) is 0 Å². The monoisotopic (exact) mass is 254 g/mol. The second-order valence-corrected chi connectivity index (χ2v) is 5.58. The smallest absolute Gasteiger partial charge is 0.0991 e. The van der Waals surface area contributed by atoms with Crippen molar-refractivity contribution in [3.63, 3.8) is 0 Å². The van der Waals surface area contributed by atoms with E-state index in [0.29, 0.717) is 6.04 Å². The molecule has 2 heterocycles. The van der Waals surface area contributed by atoms with Gasteiger partial charge in [-0.3, -0.25) is 0 Å². The molecule has 1 aromatic heterocycles. The number of nitrogens with zero attached hydrogens (tertiary/aromatic N) is 2. The molecule has 3 rings (SSSR count). The van der Waals surface area contributed by atoms with Crippen LogP contribution in [0.3, 0.4) is 0 Å². The van der Waals surface area contributed by atoms with Crippen LogP contribution in [0.25, 0.3) is 0 Å². The van der Waals surface area contributed by atoms with Crippen LogP contribution in [0.15, 0.2) is 35.7 Å². The van der Waals surface area contributed by atoms with E-state index in [9.17, 15) is 0 Å². The molecule has 0 N–H and O–H groups in total. The summed E-state index contributed by atoms with van der Waals surface area (Å²) in [5.74, 6) is 0. The zero-order valence-corrected chi connectivity index (χ0v) is 11.1. The Balaban J connectivity index is 1.92. The van der Waals surface area contributed by atoms with E-state index in [1.165, 1.54) is 16.1 Å². The van der Waals surface area contributed by atoms with Gasteiger partial charge in [0.1, 0.15) is 0 Å². The zero-order valence-electron chi connectivity index (χ0n) is 10.3. The normalized spacial score (nSPS) is 18.2. The number of benzene rings is 1. The first kappa shape index (κ1) is 11.3. The number of rotatable bonds is 1. The Labute approximate surface area is 111 Å². The van der Waals surface area contributed by atoms with Gasteiger partial charge in [-0.05, 0) is 54.6 Å². The van der Waals surface area contributed by atoms with Crippen molar-refractivity contribution in [2.75, 3.05) is 11.4 Å². The standard InChI is InChI=1S/C15H14N2S/c1-11-14-7-9-18-15(14)6-8-17(11)13-4-2-12(10-16)3-5-13/h2-5,7,9,11H,6,8H2,1H3. The molecule has 0 bridgehead atoms. The minimum Gasteiger partial charge on any atom is -0.364 e. The lowest BCUT2D eigenvalue weighted by Crippen LogP contribution is -2.32. The van der Waals surface area contributed by atoms with Crippen molar-refractivity contribution in [3.8, 4) is 6.07 Å². The van der Waals surface area contributed by atoms with E-state index in [1.54, 1.807) is 0 Å². The van der Waals surface area contributed by atoms with Crippen LogP contribution in [-0.4, -0.2) is 6.54 Å². The fraction of sp³-hybridized carbons (Fsp3) is 0.267. The Bertz CT molecular complexity index is 592. The Morgan fingerprint density at radius 3 is 2.78 bits per heavy atom. The third-order valence-corrected chi connectivity index (χ3v) is 4.60. The van der Waals surface area contributed by atoms with Gasteiger partial charge in [-0.1, -0.05) is 0 Å². The van der Waals surface area contributed by atoms with Crippen LogP contribution < -0.4 is 4.90 Å². The van der Waals surface area contributed by atoms with Gasteiger partial charge in [0.2, 0.25) is 0 Å². The topological polar surface area (TPSA) is 27.0 Å². The largest absolute Gasteiger partial charge is 0.364 e. The van der Waals surface area contributed by atoms with E-state index in [2.05, 4.69) is 29.3 Å². The van der Waals surface area contributed by atoms with Crippen LogP contribution >= 0.6 is 11.3 Å². The number of anilines is 1. The summed E-state index contributed by atoms with van der Waals surface area (Å²) in [6.45, 7) is 3.31. The second kappa shape index (κ2) is 4.47. The number of fused-ring (bicyclic) bond motifs is 1. The molecule has 18 heavy (non-hydrogen) atoms. The fourth-order valence-corrected chi connectivity index (χ4v) is 3.55. The van der Waals surface area contributed by atoms with Gasteiger partial charge in [0.05, 0.1) is 17.7 Å². The Morgan fingerprint density at radius 1 is 1.28 bits per heavy atom. The molecule has 0 amide bonds. The fourth-order valence-electron chi connectivity index (χ4n) is 2.59. The first-order valence-electron chi connectivity index (χ1n) is 6.12. The molecule has 0 saturated heterocycles. The van der Waals surface area contributed by atoms with Gasteiger partial charge >= 0.3 is 0 Å².